The van der Waals surface area contributed by atoms with Crippen LogP contribution < -0.4 is 10.5 Å². The average Bonchev–Trinajstić information content (AvgIpc) is 2.13. The lowest BCUT2D eigenvalue weighted by Gasteiger charge is -2.25. The van der Waals surface area contributed by atoms with Crippen LogP contribution in [0.15, 0.2) is 24.3 Å². The van der Waals surface area contributed by atoms with Crippen LogP contribution in [0.2, 0.25) is 26.2 Å². The Bertz CT molecular complexity index is 343. The van der Waals surface area contributed by atoms with Crippen molar-refractivity contribution in [1.82, 2.24) is 0 Å². The number of anilines is 1. The van der Waals surface area contributed by atoms with E-state index in [9.17, 15) is 0 Å². The molecule has 0 saturated carbocycles. The second-order valence-corrected chi connectivity index (χ2v) is 11.6. The summed E-state index contributed by atoms with van der Waals surface area (Å²) in [6.07, 6.45) is 0.682. The Morgan fingerprint density at radius 1 is 1.31 bits per heavy atom. The highest BCUT2D eigenvalue weighted by molar-refractivity contribution is 6.77. The summed E-state index contributed by atoms with van der Waals surface area (Å²) < 4.78 is 11.7. The highest BCUT2D eigenvalue weighted by Gasteiger charge is 2.24. The first-order valence-electron chi connectivity index (χ1n) is 5.55. The molecule has 1 aromatic rings. The van der Waals surface area contributed by atoms with Crippen molar-refractivity contribution >= 4 is 23.0 Å². The molecule has 0 aliphatic heterocycles. The van der Waals surface area contributed by atoms with Gasteiger partial charge in [0.25, 0.3) is 0 Å². The molecule has 2 N–H and O–H groups in total. The van der Waals surface area contributed by atoms with E-state index in [-0.39, 0.29) is 0 Å². The zero-order chi connectivity index (χ0) is 12.2. The Morgan fingerprint density at radius 3 is 2.56 bits per heavy atom. The molecule has 1 rings (SSSR count). The molecule has 1 aromatic carbocycles. The largest absolute Gasteiger partial charge is 0.494 e. The van der Waals surface area contributed by atoms with Crippen LogP contribution in [-0.4, -0.2) is 23.6 Å². The molecule has 0 spiro atoms. The summed E-state index contributed by atoms with van der Waals surface area (Å²) in [5.41, 5.74) is 6.42. The van der Waals surface area contributed by atoms with Crippen molar-refractivity contribution in [2.24, 2.45) is 0 Å². The maximum Gasteiger partial charge on any atom is 0.212 e. The molecule has 0 fully saturated rings. The molecule has 0 aliphatic rings. The Balaban J connectivity index is 2.50. The highest BCUT2D eigenvalue weighted by Crippen LogP contribution is 2.16. The summed E-state index contributed by atoms with van der Waals surface area (Å²) in [6.45, 7) is 8.75. The Hall–Kier alpha value is -0.786. The van der Waals surface area contributed by atoms with Gasteiger partial charge in [-0.1, -0.05) is 6.07 Å². The first-order valence-corrected chi connectivity index (χ1v) is 11.4. The molecule has 3 nitrogen and oxygen atoms in total. The van der Waals surface area contributed by atoms with E-state index >= 15 is 0 Å². The molecule has 0 aliphatic carbocycles. The summed E-state index contributed by atoms with van der Waals surface area (Å²) in [6, 6.07) is 7.52. The number of hydrogen-bond acceptors (Lipinski definition) is 3. The molecular formula is C11H21NO2Si2. The molecule has 0 radical (unpaired) electrons. The zero-order valence-electron chi connectivity index (χ0n) is 10.5. The van der Waals surface area contributed by atoms with Crippen molar-refractivity contribution in [3.63, 3.8) is 0 Å². The van der Waals surface area contributed by atoms with Crippen molar-refractivity contribution in [3.8, 4) is 5.75 Å². The summed E-state index contributed by atoms with van der Waals surface area (Å²) in [5, 5.41) is 0. The molecular weight excluding hydrogens is 234 g/mol. The number of benzene rings is 1. The maximum absolute atomic E-state index is 6.01. The minimum absolute atomic E-state index is 0.682. The smallest absolute Gasteiger partial charge is 0.212 e. The van der Waals surface area contributed by atoms with Gasteiger partial charge in [0.05, 0.1) is 0 Å². The fraction of sp³-hybridized carbons (Fsp3) is 0.455. The fourth-order valence-corrected chi connectivity index (χ4v) is 7.42. The van der Waals surface area contributed by atoms with Crippen LogP contribution in [0.25, 0.3) is 0 Å². The minimum atomic E-state index is -1.67. The van der Waals surface area contributed by atoms with Crippen LogP contribution in [0.4, 0.5) is 5.69 Å². The molecule has 0 aromatic heterocycles. The standard InChI is InChI=1S/C11H21NO2Si2/c1-15(2)14-16(3,4)9-13-11-7-5-6-10(12)8-11/h5-8,15H,9,12H2,1-4H3. The van der Waals surface area contributed by atoms with E-state index in [2.05, 4.69) is 26.2 Å². The molecule has 0 saturated heterocycles. The van der Waals surface area contributed by atoms with E-state index in [4.69, 9.17) is 14.6 Å². The van der Waals surface area contributed by atoms with Gasteiger partial charge in [0.15, 0.2) is 9.04 Å². The summed E-state index contributed by atoms with van der Waals surface area (Å²) in [5.74, 6) is 0.828. The van der Waals surface area contributed by atoms with Gasteiger partial charge in [-0.25, -0.2) is 0 Å². The number of ether oxygens (including phenoxy) is 1. The van der Waals surface area contributed by atoms with Gasteiger partial charge in [0.1, 0.15) is 12.0 Å². The van der Waals surface area contributed by atoms with E-state index in [0.29, 0.717) is 6.23 Å². The first-order chi connectivity index (χ1) is 7.39. The lowest BCUT2D eigenvalue weighted by molar-refractivity contribution is 0.354. The van der Waals surface area contributed by atoms with E-state index in [1.54, 1.807) is 0 Å². The van der Waals surface area contributed by atoms with Crippen molar-refractivity contribution in [3.05, 3.63) is 24.3 Å². The number of rotatable bonds is 5. The minimum Gasteiger partial charge on any atom is -0.494 e. The van der Waals surface area contributed by atoms with Crippen LogP contribution in [0.3, 0.4) is 0 Å². The summed E-state index contributed by atoms with van der Waals surface area (Å²) >= 11 is 0. The van der Waals surface area contributed by atoms with Crippen molar-refractivity contribution < 1.29 is 8.85 Å². The number of nitrogens with two attached hydrogens (primary N) is 1. The Kier molecular flexibility index (Phi) is 4.58. The molecule has 0 atom stereocenters. The van der Waals surface area contributed by atoms with Crippen LogP contribution in [0, 0.1) is 0 Å². The van der Waals surface area contributed by atoms with Gasteiger partial charge in [0.2, 0.25) is 8.32 Å². The lowest BCUT2D eigenvalue weighted by Crippen LogP contribution is -2.41. The molecule has 0 bridgehead atoms. The van der Waals surface area contributed by atoms with E-state index in [1.807, 2.05) is 24.3 Å². The Morgan fingerprint density at radius 2 is 2.00 bits per heavy atom. The third-order valence-electron chi connectivity index (χ3n) is 2.00. The fourth-order valence-electron chi connectivity index (χ4n) is 1.53. The van der Waals surface area contributed by atoms with Gasteiger partial charge < -0.3 is 14.6 Å². The van der Waals surface area contributed by atoms with Crippen LogP contribution in [0.1, 0.15) is 0 Å². The van der Waals surface area contributed by atoms with E-state index in [1.165, 1.54) is 0 Å². The average molecular weight is 255 g/mol. The highest BCUT2D eigenvalue weighted by atomic mass is 28.4. The second kappa shape index (κ2) is 5.51. The monoisotopic (exact) mass is 255 g/mol. The van der Waals surface area contributed by atoms with Gasteiger partial charge in [-0.05, 0) is 38.3 Å². The molecule has 90 valence electrons. The van der Waals surface area contributed by atoms with Gasteiger partial charge in [0, 0.05) is 11.8 Å². The zero-order valence-corrected chi connectivity index (χ0v) is 12.6. The van der Waals surface area contributed by atoms with Crippen LogP contribution in [0.5, 0.6) is 5.75 Å². The number of hydrogen-bond donors (Lipinski definition) is 1. The predicted molar refractivity (Wildman–Crippen MR) is 73.8 cm³/mol. The van der Waals surface area contributed by atoms with Crippen LogP contribution in [-0.2, 0) is 4.12 Å². The van der Waals surface area contributed by atoms with Crippen molar-refractivity contribution in [2.45, 2.75) is 26.2 Å². The topological polar surface area (TPSA) is 44.5 Å². The third kappa shape index (κ3) is 4.82. The van der Waals surface area contributed by atoms with Gasteiger partial charge in [-0.2, -0.15) is 0 Å². The molecule has 0 unspecified atom stereocenters. The second-order valence-electron chi connectivity index (χ2n) is 4.79. The van der Waals surface area contributed by atoms with Crippen molar-refractivity contribution in [1.29, 1.82) is 0 Å². The lowest BCUT2D eigenvalue weighted by atomic mass is 10.3. The SMILES string of the molecule is C[SiH](C)O[Si](C)(C)COc1cccc(N)c1. The predicted octanol–water partition coefficient (Wildman–Crippen LogP) is 2.39. The molecule has 5 heteroatoms. The third-order valence-corrected chi connectivity index (χ3v) is 7.28. The molecule has 0 amide bonds. The first kappa shape index (κ1) is 13.3. The van der Waals surface area contributed by atoms with E-state index < -0.39 is 17.4 Å². The van der Waals surface area contributed by atoms with E-state index in [0.717, 1.165) is 11.4 Å². The normalized spacial score (nSPS) is 11.8. The quantitative estimate of drug-likeness (QED) is 0.649. The van der Waals surface area contributed by atoms with Crippen molar-refractivity contribution in [2.75, 3.05) is 12.0 Å². The number of nitrogen functional groups attached to an aromatic ring is 1. The van der Waals surface area contributed by atoms with Gasteiger partial charge >= 0.3 is 0 Å². The molecule has 0 heterocycles. The van der Waals surface area contributed by atoms with Gasteiger partial charge in [-0.3, -0.25) is 0 Å². The van der Waals surface area contributed by atoms with Gasteiger partial charge in [-0.15, -0.1) is 0 Å². The maximum atomic E-state index is 6.01. The Labute approximate surface area is 100 Å². The van der Waals surface area contributed by atoms with Crippen LogP contribution >= 0.6 is 0 Å². The summed E-state index contributed by atoms with van der Waals surface area (Å²) in [4.78, 5) is 0. The summed E-state index contributed by atoms with van der Waals surface area (Å²) in [7, 11) is -2.64. The molecule has 16 heavy (non-hydrogen) atoms.